The normalized spacial score (nSPS) is 13.6. The first kappa shape index (κ1) is 17.9. The van der Waals surface area contributed by atoms with Crippen LogP contribution in [0.15, 0.2) is 82.9 Å². The van der Waals surface area contributed by atoms with Crippen LogP contribution < -0.4 is 11.2 Å². The van der Waals surface area contributed by atoms with Gasteiger partial charge in [-0.3, -0.25) is 0 Å². The third kappa shape index (κ3) is 5.61. The van der Waals surface area contributed by atoms with E-state index in [4.69, 9.17) is 0 Å². The molecule has 2 heterocycles. The Bertz CT molecular complexity index is 921. The van der Waals surface area contributed by atoms with Crippen molar-refractivity contribution in [1.82, 2.24) is 19.4 Å². The van der Waals surface area contributed by atoms with E-state index in [9.17, 15) is 10.4 Å². The van der Waals surface area contributed by atoms with Crippen molar-refractivity contribution in [3.63, 3.8) is 0 Å². The largest absolute Gasteiger partial charge is 0.425 e. The van der Waals surface area contributed by atoms with Crippen molar-refractivity contribution in [2.45, 2.75) is 6.92 Å². The summed E-state index contributed by atoms with van der Waals surface area (Å²) in [5, 5.41) is 19.1. The molecule has 0 fully saturated rings. The number of aromatic nitrogens is 4. The maximum atomic E-state index is 9.58. The van der Waals surface area contributed by atoms with Crippen LogP contribution in [-0.4, -0.2) is 42.9 Å². The molecule has 0 radical (unpaired) electrons. The van der Waals surface area contributed by atoms with Crippen LogP contribution in [0.2, 0.25) is 0 Å². The summed E-state index contributed by atoms with van der Waals surface area (Å²) in [7, 11) is 0. The molecule has 25 heavy (non-hydrogen) atoms. The molecule has 2 rings (SSSR count). The molecule has 2 N–H and O–H groups in total. The highest BCUT2D eigenvalue weighted by Gasteiger charge is 1.94. The summed E-state index contributed by atoms with van der Waals surface area (Å²) in [6.45, 7) is 6.50. The van der Waals surface area contributed by atoms with Crippen LogP contribution in [0.4, 0.5) is 0 Å². The molecule has 0 bridgehead atoms. The Morgan fingerprint density at radius 1 is 1.04 bits per heavy atom. The second-order valence-corrected chi connectivity index (χ2v) is 5.02. The standard InChI is InChI=1S/C17H20N6O2/c1-3-15(13-21-17-19-9-5-11-23(17)25)7-6-14(2)12-20-16-18-8-4-10-22(16)24/h3-11,24-25H,2,12-13H2,1H3/b7-6-,15-3+,20-16?,21-17?. The smallest absolute Gasteiger partial charge is 0.258 e. The Labute approximate surface area is 144 Å². The third-order valence-corrected chi connectivity index (χ3v) is 3.15. The van der Waals surface area contributed by atoms with Gasteiger partial charge in [0.05, 0.1) is 13.1 Å². The van der Waals surface area contributed by atoms with Gasteiger partial charge in [-0.2, -0.15) is 9.46 Å². The van der Waals surface area contributed by atoms with Crippen molar-refractivity contribution in [3.05, 3.63) is 84.1 Å². The van der Waals surface area contributed by atoms with Crippen molar-refractivity contribution in [2.24, 2.45) is 9.98 Å². The lowest BCUT2D eigenvalue weighted by Gasteiger charge is -2.00. The van der Waals surface area contributed by atoms with Crippen molar-refractivity contribution in [2.75, 3.05) is 13.1 Å². The Kier molecular flexibility index (Phi) is 6.47. The highest BCUT2D eigenvalue weighted by molar-refractivity contribution is 5.27. The fraction of sp³-hybridized carbons (Fsp3) is 0.176. The number of nitrogens with zero attached hydrogens (tertiary/aromatic N) is 6. The molecular weight excluding hydrogens is 320 g/mol. The van der Waals surface area contributed by atoms with Crippen molar-refractivity contribution >= 4 is 0 Å². The van der Waals surface area contributed by atoms with Gasteiger partial charge in [0.1, 0.15) is 0 Å². The predicted octanol–water partition coefficient (Wildman–Crippen LogP) is 1.11. The molecular formula is C17H20N6O2. The third-order valence-electron chi connectivity index (χ3n) is 3.15. The van der Waals surface area contributed by atoms with Gasteiger partial charge >= 0.3 is 0 Å². The quantitative estimate of drug-likeness (QED) is 0.608. The first-order chi connectivity index (χ1) is 12.1. The van der Waals surface area contributed by atoms with Crippen LogP contribution >= 0.6 is 0 Å². The van der Waals surface area contributed by atoms with Gasteiger partial charge in [-0.05, 0) is 30.2 Å². The second-order valence-electron chi connectivity index (χ2n) is 5.02. The number of rotatable bonds is 6. The minimum absolute atomic E-state index is 0.209. The molecule has 0 unspecified atom stereocenters. The van der Waals surface area contributed by atoms with Gasteiger partial charge < -0.3 is 10.4 Å². The molecule has 0 amide bonds. The molecule has 2 aromatic rings. The van der Waals surface area contributed by atoms with Gasteiger partial charge in [0, 0.05) is 24.8 Å². The monoisotopic (exact) mass is 340 g/mol. The molecule has 0 aliphatic carbocycles. The van der Waals surface area contributed by atoms with Crippen LogP contribution in [0.3, 0.4) is 0 Å². The number of hydrogen-bond acceptors (Lipinski definition) is 6. The summed E-state index contributed by atoms with van der Waals surface area (Å²) < 4.78 is 1.72. The Balaban J connectivity index is 2.00. The van der Waals surface area contributed by atoms with E-state index in [-0.39, 0.29) is 11.2 Å². The van der Waals surface area contributed by atoms with E-state index in [2.05, 4.69) is 26.5 Å². The fourth-order valence-corrected chi connectivity index (χ4v) is 1.79. The minimum Gasteiger partial charge on any atom is -0.425 e. The summed E-state index contributed by atoms with van der Waals surface area (Å²) in [5.74, 6) is 0. The van der Waals surface area contributed by atoms with E-state index < -0.39 is 0 Å². The molecule has 0 aliphatic rings. The topological polar surface area (TPSA) is 101 Å². The summed E-state index contributed by atoms with van der Waals surface area (Å²) >= 11 is 0. The van der Waals surface area contributed by atoms with Gasteiger partial charge in [-0.1, -0.05) is 24.8 Å². The van der Waals surface area contributed by atoms with E-state index in [1.807, 2.05) is 25.2 Å². The highest BCUT2D eigenvalue weighted by atomic mass is 16.5. The predicted molar refractivity (Wildman–Crippen MR) is 91.7 cm³/mol. The molecule has 130 valence electrons. The lowest BCUT2D eigenvalue weighted by atomic mass is 10.2. The minimum atomic E-state index is 0.209. The second kappa shape index (κ2) is 9.02. The van der Waals surface area contributed by atoms with E-state index in [0.29, 0.717) is 13.1 Å². The zero-order valence-corrected chi connectivity index (χ0v) is 13.9. The first-order valence-corrected chi connectivity index (χ1v) is 7.58. The molecule has 0 spiro atoms. The van der Waals surface area contributed by atoms with Crippen molar-refractivity contribution in [1.29, 1.82) is 0 Å². The SMILES string of the molecule is C=C(/C=C\C(=C/C)CN=c1ncccn1O)CN=c1ncccn1O. The zero-order valence-electron chi connectivity index (χ0n) is 13.9. The van der Waals surface area contributed by atoms with E-state index in [0.717, 1.165) is 20.6 Å². The molecule has 8 nitrogen and oxygen atoms in total. The number of hydrogen-bond donors (Lipinski definition) is 2. The molecule has 8 heteroatoms. The average molecular weight is 340 g/mol. The fourth-order valence-electron chi connectivity index (χ4n) is 1.79. The molecule has 0 saturated heterocycles. The van der Waals surface area contributed by atoms with Crippen molar-refractivity contribution in [3.8, 4) is 0 Å². The van der Waals surface area contributed by atoms with Gasteiger partial charge in [-0.25, -0.2) is 20.0 Å². The molecule has 0 aromatic carbocycles. The molecule has 0 atom stereocenters. The average Bonchev–Trinajstić information content (AvgIpc) is 2.62. The first-order valence-electron chi connectivity index (χ1n) is 7.58. The lowest BCUT2D eigenvalue weighted by Crippen LogP contribution is -2.21. The van der Waals surface area contributed by atoms with Gasteiger partial charge in [-0.15, -0.1) is 0 Å². The lowest BCUT2D eigenvalue weighted by molar-refractivity contribution is 0.166. The van der Waals surface area contributed by atoms with Crippen LogP contribution in [0.1, 0.15) is 6.92 Å². The zero-order chi connectivity index (χ0) is 18.1. The molecule has 0 saturated carbocycles. The Morgan fingerprint density at radius 3 is 2.12 bits per heavy atom. The molecule has 0 aliphatic heterocycles. The van der Waals surface area contributed by atoms with Gasteiger partial charge in [0.2, 0.25) is 0 Å². The number of allylic oxidation sites excluding steroid dienone is 1. The van der Waals surface area contributed by atoms with Gasteiger partial charge in [0.15, 0.2) is 0 Å². The van der Waals surface area contributed by atoms with Crippen LogP contribution in [0.25, 0.3) is 0 Å². The summed E-state index contributed by atoms with van der Waals surface area (Å²) in [5.41, 5.74) is 2.12. The highest BCUT2D eigenvalue weighted by Crippen LogP contribution is 2.01. The van der Waals surface area contributed by atoms with Crippen LogP contribution in [0.5, 0.6) is 0 Å². The summed E-state index contributed by atoms with van der Waals surface area (Å²) in [6.07, 6.45) is 11.6. The molecule has 2 aromatic heterocycles. The van der Waals surface area contributed by atoms with E-state index >= 15 is 0 Å². The van der Waals surface area contributed by atoms with E-state index in [1.165, 1.54) is 12.4 Å². The summed E-state index contributed by atoms with van der Waals surface area (Å²) in [6, 6.07) is 3.22. The maximum Gasteiger partial charge on any atom is 0.258 e. The Hall–Kier alpha value is -3.42. The Morgan fingerprint density at radius 2 is 1.60 bits per heavy atom. The van der Waals surface area contributed by atoms with Crippen molar-refractivity contribution < 1.29 is 10.4 Å². The summed E-state index contributed by atoms with van der Waals surface area (Å²) in [4.78, 5) is 16.4. The maximum absolute atomic E-state index is 9.58. The van der Waals surface area contributed by atoms with E-state index in [1.54, 1.807) is 24.5 Å². The van der Waals surface area contributed by atoms with Crippen LogP contribution in [-0.2, 0) is 0 Å². The van der Waals surface area contributed by atoms with Crippen LogP contribution in [0, 0.1) is 0 Å². The van der Waals surface area contributed by atoms with Gasteiger partial charge in [0.25, 0.3) is 11.2 Å².